The molecule has 3 heterocycles. The molecule has 3 saturated carbocycles. The number of carbonyl (C=O) groups excluding carboxylic acids is 1. The highest BCUT2D eigenvalue weighted by atomic mass is 16.5. The van der Waals surface area contributed by atoms with Gasteiger partial charge in [-0.3, -0.25) is 4.79 Å². The molecule has 3 fully saturated rings. The monoisotopic (exact) mass is 380 g/mol. The summed E-state index contributed by atoms with van der Waals surface area (Å²) in [4.78, 5) is 19.9. The number of carbonyl (C=O) groups is 1. The molecule has 2 aromatic heterocycles. The van der Waals surface area contributed by atoms with Crippen LogP contribution in [0.25, 0.3) is 0 Å². The molecular weight excluding hydrogens is 352 g/mol. The molecule has 0 spiro atoms. The second-order valence-electron chi connectivity index (χ2n) is 8.94. The van der Waals surface area contributed by atoms with Gasteiger partial charge in [0.05, 0.1) is 23.6 Å². The second-order valence-corrected chi connectivity index (χ2v) is 8.94. The lowest BCUT2D eigenvalue weighted by molar-refractivity contribution is -0.124. The molecular formula is C22H28N4O2. The van der Waals surface area contributed by atoms with Crippen molar-refractivity contribution in [3.05, 3.63) is 34.8 Å². The number of nitrogens with one attached hydrogen (secondary N) is 1. The summed E-state index contributed by atoms with van der Waals surface area (Å²) in [5.41, 5.74) is 4.14. The molecule has 0 atom stereocenters. The lowest BCUT2D eigenvalue weighted by Gasteiger charge is -2.44. The summed E-state index contributed by atoms with van der Waals surface area (Å²) in [6, 6.07) is 4.15. The Bertz CT molecular complexity index is 890. The van der Waals surface area contributed by atoms with Crippen LogP contribution in [-0.2, 0) is 17.8 Å². The van der Waals surface area contributed by atoms with Crippen molar-refractivity contribution in [2.75, 3.05) is 16.8 Å². The Labute approximate surface area is 165 Å². The predicted octanol–water partition coefficient (Wildman–Crippen LogP) is 4.01. The first-order valence-corrected chi connectivity index (χ1v) is 10.5. The quantitative estimate of drug-likeness (QED) is 0.868. The molecule has 148 valence electrons. The van der Waals surface area contributed by atoms with Crippen molar-refractivity contribution in [2.24, 2.45) is 17.8 Å². The van der Waals surface area contributed by atoms with E-state index in [2.05, 4.69) is 21.4 Å². The van der Waals surface area contributed by atoms with Gasteiger partial charge in [0.15, 0.2) is 5.76 Å². The minimum atomic E-state index is 0.162. The molecule has 2 bridgehead atoms. The third-order valence-electron chi connectivity index (χ3n) is 6.66. The highest BCUT2D eigenvalue weighted by Gasteiger charge is 2.40. The lowest BCUT2D eigenvalue weighted by atomic mass is 9.61. The van der Waals surface area contributed by atoms with Gasteiger partial charge in [-0.1, -0.05) is 5.16 Å². The minimum Gasteiger partial charge on any atom is -0.362 e. The summed E-state index contributed by atoms with van der Waals surface area (Å²) >= 11 is 0. The molecule has 0 unspecified atom stereocenters. The predicted molar refractivity (Wildman–Crippen MR) is 107 cm³/mol. The normalized spacial score (nSPS) is 25.8. The fraction of sp³-hybridized carbons (Fsp3) is 0.591. The number of hydrogen-bond donors (Lipinski definition) is 1. The van der Waals surface area contributed by atoms with Crippen LogP contribution in [0.5, 0.6) is 0 Å². The van der Waals surface area contributed by atoms with Gasteiger partial charge in [0.1, 0.15) is 5.82 Å². The molecule has 0 radical (unpaired) electrons. The Morgan fingerprint density at radius 1 is 1.21 bits per heavy atom. The Balaban J connectivity index is 1.33. The van der Waals surface area contributed by atoms with Crippen LogP contribution in [0.2, 0.25) is 0 Å². The summed E-state index contributed by atoms with van der Waals surface area (Å²) in [5, 5.41) is 7.13. The lowest BCUT2D eigenvalue weighted by Crippen LogP contribution is -2.39. The molecule has 6 rings (SSSR count). The van der Waals surface area contributed by atoms with E-state index in [1.54, 1.807) is 0 Å². The molecule has 3 aliphatic carbocycles. The Hall–Kier alpha value is -2.37. The van der Waals surface area contributed by atoms with E-state index >= 15 is 0 Å². The fourth-order valence-electron chi connectivity index (χ4n) is 5.21. The van der Waals surface area contributed by atoms with E-state index in [0.29, 0.717) is 6.54 Å². The van der Waals surface area contributed by atoms with Crippen LogP contribution in [-0.4, -0.2) is 22.6 Å². The molecule has 0 saturated heterocycles. The van der Waals surface area contributed by atoms with Gasteiger partial charge in [-0.15, -0.1) is 0 Å². The van der Waals surface area contributed by atoms with Gasteiger partial charge >= 0.3 is 0 Å². The summed E-state index contributed by atoms with van der Waals surface area (Å²) in [6.45, 7) is 5.65. The second kappa shape index (κ2) is 6.90. The van der Waals surface area contributed by atoms with Gasteiger partial charge in [0, 0.05) is 18.5 Å². The van der Waals surface area contributed by atoms with Crippen molar-refractivity contribution in [1.82, 2.24) is 10.1 Å². The van der Waals surface area contributed by atoms with Gasteiger partial charge in [0.25, 0.3) is 0 Å². The minimum absolute atomic E-state index is 0.162. The maximum absolute atomic E-state index is 12.8. The smallest absolute Gasteiger partial charge is 0.228 e. The van der Waals surface area contributed by atoms with E-state index < -0.39 is 0 Å². The molecule has 6 heteroatoms. The number of rotatable bonds is 4. The fourth-order valence-corrected chi connectivity index (χ4v) is 5.21. The Morgan fingerprint density at radius 3 is 2.71 bits per heavy atom. The Kier molecular flexibility index (Phi) is 4.37. The third kappa shape index (κ3) is 3.29. The van der Waals surface area contributed by atoms with E-state index in [1.165, 1.54) is 12.8 Å². The first kappa shape index (κ1) is 17.7. The van der Waals surface area contributed by atoms with E-state index in [1.807, 2.05) is 19.9 Å². The average Bonchev–Trinajstić information content (AvgIpc) is 3.07. The van der Waals surface area contributed by atoms with Crippen LogP contribution in [0.1, 0.15) is 54.8 Å². The van der Waals surface area contributed by atoms with Gasteiger partial charge in [-0.05, 0) is 75.8 Å². The zero-order valence-electron chi connectivity index (χ0n) is 16.7. The molecule has 2 aromatic rings. The number of aromatic nitrogens is 2. The topological polar surface area (TPSA) is 71.3 Å². The number of pyridine rings is 1. The van der Waals surface area contributed by atoms with Crippen LogP contribution >= 0.6 is 0 Å². The number of fused-ring (bicyclic) bond motifs is 3. The van der Waals surface area contributed by atoms with Crippen LogP contribution in [0.15, 0.2) is 16.7 Å². The van der Waals surface area contributed by atoms with Crippen molar-refractivity contribution in [3.8, 4) is 0 Å². The van der Waals surface area contributed by atoms with Gasteiger partial charge in [0.2, 0.25) is 5.91 Å². The Morgan fingerprint density at radius 2 is 2.00 bits per heavy atom. The first-order valence-electron chi connectivity index (χ1n) is 10.5. The van der Waals surface area contributed by atoms with E-state index in [-0.39, 0.29) is 11.8 Å². The van der Waals surface area contributed by atoms with Crippen LogP contribution in [0.3, 0.4) is 0 Å². The number of hydrogen-bond acceptors (Lipinski definition) is 5. The van der Waals surface area contributed by atoms with E-state index in [4.69, 9.17) is 9.51 Å². The molecule has 1 amide bonds. The third-order valence-corrected chi connectivity index (χ3v) is 6.66. The molecule has 28 heavy (non-hydrogen) atoms. The van der Waals surface area contributed by atoms with Crippen molar-refractivity contribution in [1.29, 1.82) is 0 Å². The summed E-state index contributed by atoms with van der Waals surface area (Å²) in [5.74, 6) is 3.49. The van der Waals surface area contributed by atoms with Crippen molar-refractivity contribution < 1.29 is 9.32 Å². The van der Waals surface area contributed by atoms with Gasteiger partial charge < -0.3 is 14.7 Å². The molecule has 6 nitrogen and oxygen atoms in total. The highest BCUT2D eigenvalue weighted by molar-refractivity contribution is 5.92. The highest BCUT2D eigenvalue weighted by Crippen LogP contribution is 2.48. The number of aryl methyl sites for hydroxylation is 3. The SMILES string of the molecule is Cc1cc(CN2CCCc3nc(NC(=O)C4CC5CC(C5)C4)c(C)cc32)on1. The molecule has 4 aliphatic rings. The number of nitrogens with zero attached hydrogens (tertiary/aromatic N) is 3. The van der Waals surface area contributed by atoms with Crippen LogP contribution in [0, 0.1) is 31.6 Å². The number of amides is 1. The molecule has 1 aliphatic heterocycles. The summed E-state index contributed by atoms with van der Waals surface area (Å²) in [6.07, 6.45) is 6.77. The molecule has 0 aromatic carbocycles. The van der Waals surface area contributed by atoms with Crippen molar-refractivity contribution in [3.63, 3.8) is 0 Å². The van der Waals surface area contributed by atoms with Crippen molar-refractivity contribution in [2.45, 2.75) is 58.9 Å². The zero-order chi connectivity index (χ0) is 19.3. The maximum Gasteiger partial charge on any atom is 0.228 e. The van der Waals surface area contributed by atoms with Crippen molar-refractivity contribution >= 4 is 17.4 Å². The number of anilines is 2. The largest absolute Gasteiger partial charge is 0.362 e. The summed E-state index contributed by atoms with van der Waals surface area (Å²) < 4.78 is 5.40. The van der Waals surface area contributed by atoms with Crippen LogP contribution < -0.4 is 10.2 Å². The zero-order valence-corrected chi connectivity index (χ0v) is 16.7. The average molecular weight is 380 g/mol. The summed E-state index contributed by atoms with van der Waals surface area (Å²) in [7, 11) is 0. The maximum atomic E-state index is 12.8. The van der Waals surface area contributed by atoms with Crippen LogP contribution in [0.4, 0.5) is 11.5 Å². The molecule has 1 N–H and O–H groups in total. The van der Waals surface area contributed by atoms with Gasteiger partial charge in [-0.25, -0.2) is 4.98 Å². The standard InChI is InChI=1S/C22H28N4O2/c1-13-6-20-19(4-3-5-26(20)12-18-7-14(2)25-28-18)23-21(13)24-22(27)17-10-15-8-16(9-15)11-17/h6-7,15-17H,3-5,8-12H2,1-2H3,(H,23,24,27). The van der Waals surface area contributed by atoms with E-state index in [9.17, 15) is 4.79 Å². The first-order chi connectivity index (χ1) is 13.5. The van der Waals surface area contributed by atoms with Gasteiger partial charge in [-0.2, -0.15) is 0 Å². The van der Waals surface area contributed by atoms with E-state index in [0.717, 1.165) is 78.3 Å².